The highest BCUT2D eigenvalue weighted by Crippen LogP contribution is 2.40. The minimum atomic E-state index is 0.643. The molecule has 256 valence electrons. The van der Waals surface area contributed by atoms with Crippen molar-refractivity contribution in [3.05, 3.63) is 188 Å². The Morgan fingerprint density at radius 2 is 0.818 bits per heavy atom. The van der Waals surface area contributed by atoms with E-state index in [-0.39, 0.29) is 0 Å². The molecule has 11 aromatic rings. The summed E-state index contributed by atoms with van der Waals surface area (Å²) >= 11 is 1.80. The van der Waals surface area contributed by atoms with Crippen molar-refractivity contribution in [2.75, 3.05) is 0 Å². The van der Waals surface area contributed by atoms with E-state index in [1.807, 2.05) is 0 Å². The second-order valence-electron chi connectivity index (χ2n) is 14.0. The summed E-state index contributed by atoms with van der Waals surface area (Å²) in [6, 6.07) is 67.0. The van der Waals surface area contributed by atoms with E-state index in [2.05, 4.69) is 188 Å². The molecule has 0 spiro atoms. The summed E-state index contributed by atoms with van der Waals surface area (Å²) in [6.45, 7) is 0. The zero-order valence-electron chi connectivity index (χ0n) is 29.6. The Kier molecular flexibility index (Phi) is 7.35. The fourth-order valence-corrected chi connectivity index (χ4v) is 9.05. The Labute approximate surface area is 321 Å². The Morgan fingerprint density at radius 3 is 1.64 bits per heavy atom. The van der Waals surface area contributed by atoms with E-state index < -0.39 is 0 Å². The number of nitrogens with zero attached hydrogens (tertiary/aromatic N) is 3. The van der Waals surface area contributed by atoms with Gasteiger partial charge in [-0.15, -0.1) is 11.3 Å². The van der Waals surface area contributed by atoms with Crippen LogP contribution in [0.25, 0.3) is 109 Å². The topological polar surface area (TPSA) is 38.7 Å². The quantitative estimate of drug-likeness (QED) is 0.166. The second-order valence-corrected chi connectivity index (χ2v) is 15.1. The highest BCUT2D eigenvalue weighted by atomic mass is 32.1. The summed E-state index contributed by atoms with van der Waals surface area (Å²) in [7, 11) is 0. The van der Waals surface area contributed by atoms with Crippen LogP contribution >= 0.6 is 11.3 Å². The second kappa shape index (κ2) is 12.8. The molecule has 55 heavy (non-hydrogen) atoms. The van der Waals surface area contributed by atoms with Crippen LogP contribution in [0.3, 0.4) is 0 Å². The highest BCUT2D eigenvalue weighted by molar-refractivity contribution is 7.25. The lowest BCUT2D eigenvalue weighted by Crippen LogP contribution is -2.00. The van der Waals surface area contributed by atoms with Gasteiger partial charge in [-0.25, -0.2) is 15.0 Å². The van der Waals surface area contributed by atoms with Gasteiger partial charge in [-0.2, -0.15) is 0 Å². The van der Waals surface area contributed by atoms with Gasteiger partial charge in [0, 0.05) is 36.9 Å². The molecule has 4 heteroatoms. The van der Waals surface area contributed by atoms with Crippen LogP contribution in [0.1, 0.15) is 0 Å². The maximum Gasteiger partial charge on any atom is 0.164 e. The van der Waals surface area contributed by atoms with Gasteiger partial charge in [0.1, 0.15) is 0 Å². The summed E-state index contributed by atoms with van der Waals surface area (Å²) in [5.74, 6) is 1.96. The van der Waals surface area contributed by atoms with Crippen LogP contribution in [0.5, 0.6) is 0 Å². The van der Waals surface area contributed by atoms with Crippen LogP contribution in [0, 0.1) is 0 Å². The van der Waals surface area contributed by atoms with Crippen molar-refractivity contribution in [1.29, 1.82) is 0 Å². The molecule has 0 unspecified atom stereocenters. The van der Waals surface area contributed by atoms with Crippen LogP contribution in [-0.2, 0) is 0 Å². The predicted molar refractivity (Wildman–Crippen MR) is 232 cm³/mol. The summed E-state index contributed by atoms with van der Waals surface area (Å²) in [4.78, 5) is 15.7. The molecule has 0 amide bonds. The Hall–Kier alpha value is -7.01. The molecule has 2 aromatic heterocycles. The number of hydrogen-bond acceptors (Lipinski definition) is 4. The van der Waals surface area contributed by atoms with Gasteiger partial charge in [-0.3, -0.25) is 0 Å². The highest BCUT2D eigenvalue weighted by Gasteiger charge is 2.18. The molecule has 0 saturated carbocycles. The first-order valence-corrected chi connectivity index (χ1v) is 19.3. The van der Waals surface area contributed by atoms with E-state index in [0.717, 1.165) is 27.8 Å². The summed E-state index contributed by atoms with van der Waals surface area (Å²) < 4.78 is 2.47. The molecule has 0 radical (unpaired) electrons. The standard InChI is InChI=1S/C51H31N3S/c1-2-11-37-29-39(27-23-32(37)9-1)34-21-19-33(20-22-34)38-12-7-13-40(30-38)49-52-50(41-28-26-36-25-24-35-10-3-4-14-42(35)45(36)31-41)54-51(53-49)44-16-8-18-47-48(44)43-15-5-6-17-46(43)55-47/h1-31H. The largest absolute Gasteiger partial charge is 0.208 e. The fraction of sp³-hybridized carbons (Fsp3) is 0. The van der Waals surface area contributed by atoms with Crippen molar-refractivity contribution in [3.8, 4) is 56.4 Å². The van der Waals surface area contributed by atoms with Crippen molar-refractivity contribution in [1.82, 2.24) is 15.0 Å². The lowest BCUT2D eigenvalue weighted by Gasteiger charge is -2.12. The van der Waals surface area contributed by atoms with Crippen molar-refractivity contribution in [2.24, 2.45) is 0 Å². The van der Waals surface area contributed by atoms with E-state index in [0.29, 0.717) is 17.5 Å². The molecule has 0 aliphatic carbocycles. The van der Waals surface area contributed by atoms with Gasteiger partial charge in [-0.1, -0.05) is 158 Å². The lowest BCUT2D eigenvalue weighted by molar-refractivity contribution is 1.08. The van der Waals surface area contributed by atoms with Crippen molar-refractivity contribution in [2.45, 2.75) is 0 Å². The van der Waals surface area contributed by atoms with E-state index in [1.165, 1.54) is 63.6 Å². The molecule has 9 aromatic carbocycles. The van der Waals surface area contributed by atoms with Crippen LogP contribution in [0.2, 0.25) is 0 Å². The van der Waals surface area contributed by atoms with E-state index in [4.69, 9.17) is 15.0 Å². The minimum absolute atomic E-state index is 0.643. The van der Waals surface area contributed by atoms with Crippen molar-refractivity contribution in [3.63, 3.8) is 0 Å². The lowest BCUT2D eigenvalue weighted by atomic mass is 9.97. The first kappa shape index (κ1) is 31.5. The van der Waals surface area contributed by atoms with Gasteiger partial charge in [0.2, 0.25) is 0 Å². The molecule has 2 heterocycles. The van der Waals surface area contributed by atoms with Crippen LogP contribution in [-0.4, -0.2) is 15.0 Å². The molecule has 0 N–H and O–H groups in total. The third-order valence-corrected chi connectivity index (χ3v) is 11.8. The third kappa shape index (κ3) is 5.54. The molecular formula is C51H31N3S. The Bertz CT molecular complexity index is 3270. The van der Waals surface area contributed by atoms with E-state index >= 15 is 0 Å². The molecule has 0 aliphatic rings. The summed E-state index contributed by atoms with van der Waals surface area (Å²) in [5, 5.41) is 9.67. The number of aromatic nitrogens is 3. The molecule has 3 nitrogen and oxygen atoms in total. The average Bonchev–Trinajstić information content (AvgIpc) is 3.65. The molecule has 0 fully saturated rings. The number of benzene rings is 9. The molecule has 0 aliphatic heterocycles. The van der Waals surface area contributed by atoms with Crippen LogP contribution in [0.15, 0.2) is 188 Å². The molecule has 0 atom stereocenters. The number of rotatable bonds is 5. The zero-order valence-corrected chi connectivity index (χ0v) is 30.5. The average molecular weight is 718 g/mol. The van der Waals surface area contributed by atoms with E-state index in [1.54, 1.807) is 11.3 Å². The number of hydrogen-bond donors (Lipinski definition) is 0. The number of thiophene rings is 1. The van der Waals surface area contributed by atoms with Gasteiger partial charge in [0.25, 0.3) is 0 Å². The van der Waals surface area contributed by atoms with Crippen molar-refractivity contribution < 1.29 is 0 Å². The third-order valence-electron chi connectivity index (χ3n) is 10.7. The Balaban J connectivity index is 1.05. The van der Waals surface area contributed by atoms with Crippen molar-refractivity contribution >= 4 is 63.8 Å². The molecule has 11 rings (SSSR count). The summed E-state index contributed by atoms with van der Waals surface area (Å²) in [5.41, 5.74) is 7.54. The SMILES string of the molecule is c1cc(-c2ccc(-c3ccc4ccccc4c3)cc2)cc(-c2nc(-c3ccc4ccc5ccccc5c4c3)nc(-c3cccc4sc5ccccc5c34)n2)c1. The molecular weight excluding hydrogens is 687 g/mol. The van der Waals surface area contributed by atoms with Gasteiger partial charge >= 0.3 is 0 Å². The first-order valence-electron chi connectivity index (χ1n) is 18.5. The van der Waals surface area contributed by atoms with Crippen LogP contribution < -0.4 is 0 Å². The first-order chi connectivity index (χ1) is 27.2. The maximum absolute atomic E-state index is 5.24. The van der Waals surface area contributed by atoms with E-state index in [9.17, 15) is 0 Å². The van der Waals surface area contributed by atoms with Gasteiger partial charge in [-0.05, 0) is 84.9 Å². The predicted octanol–water partition coefficient (Wildman–Crippen LogP) is 14.0. The molecule has 0 bridgehead atoms. The maximum atomic E-state index is 5.24. The minimum Gasteiger partial charge on any atom is -0.208 e. The normalized spacial score (nSPS) is 11.6. The number of fused-ring (bicyclic) bond motifs is 7. The van der Waals surface area contributed by atoms with Gasteiger partial charge in [0.05, 0.1) is 0 Å². The zero-order chi connectivity index (χ0) is 36.3. The fourth-order valence-electron chi connectivity index (χ4n) is 7.92. The monoisotopic (exact) mass is 717 g/mol. The van der Waals surface area contributed by atoms with Gasteiger partial charge < -0.3 is 0 Å². The smallest absolute Gasteiger partial charge is 0.164 e. The van der Waals surface area contributed by atoms with Crippen LogP contribution in [0.4, 0.5) is 0 Å². The Morgan fingerprint density at radius 1 is 0.291 bits per heavy atom. The van der Waals surface area contributed by atoms with Gasteiger partial charge in [0.15, 0.2) is 17.5 Å². The molecule has 0 saturated heterocycles. The summed E-state index contributed by atoms with van der Waals surface area (Å²) in [6.07, 6.45) is 0.